The maximum absolute atomic E-state index is 14.4. The maximum atomic E-state index is 14.4. The summed E-state index contributed by atoms with van der Waals surface area (Å²) in [6.07, 6.45) is 1.57. The summed E-state index contributed by atoms with van der Waals surface area (Å²) < 4.78 is 10.9. The van der Waals surface area contributed by atoms with Gasteiger partial charge < -0.3 is 14.1 Å². The van der Waals surface area contributed by atoms with Crippen LogP contribution < -0.4 is 15.2 Å². The number of carbonyl (C=O) groups excluding carboxylic acids is 3. The molecule has 1 spiro atoms. The molecule has 10 heteroatoms. The van der Waals surface area contributed by atoms with Crippen molar-refractivity contribution < 1.29 is 23.5 Å². The highest BCUT2D eigenvalue weighted by Gasteiger charge is 2.66. The number of benzene rings is 2. The van der Waals surface area contributed by atoms with E-state index >= 15 is 0 Å². The molecule has 1 atom stereocenters. The van der Waals surface area contributed by atoms with Crippen LogP contribution in [0.2, 0.25) is 0 Å². The molecule has 37 heavy (non-hydrogen) atoms. The lowest BCUT2D eigenvalue weighted by Gasteiger charge is -2.32. The van der Waals surface area contributed by atoms with Crippen molar-refractivity contribution in [1.29, 1.82) is 0 Å². The minimum Gasteiger partial charge on any atom is -0.465 e. The van der Waals surface area contributed by atoms with Gasteiger partial charge in [0.2, 0.25) is 5.76 Å². The Kier molecular flexibility index (Phi) is 4.93. The normalized spacial score (nSPS) is 18.0. The Labute approximate surface area is 214 Å². The summed E-state index contributed by atoms with van der Waals surface area (Å²) in [7, 11) is 1.25. The molecule has 4 heterocycles. The Balaban J connectivity index is 1.75. The van der Waals surface area contributed by atoms with Gasteiger partial charge in [0.1, 0.15) is 10.5 Å². The van der Waals surface area contributed by atoms with Crippen LogP contribution in [0.4, 0.5) is 10.8 Å². The van der Waals surface area contributed by atoms with Crippen LogP contribution in [0, 0.1) is 6.92 Å². The van der Waals surface area contributed by atoms with Gasteiger partial charge in [-0.3, -0.25) is 19.3 Å². The first-order valence-electron chi connectivity index (χ1n) is 11.3. The molecule has 2 amide bonds. The molecule has 0 bridgehead atoms. The number of hydrogen-bond acceptors (Lipinski definition) is 8. The molecule has 1 unspecified atom stereocenters. The number of fused-ring (bicyclic) bond motifs is 5. The van der Waals surface area contributed by atoms with E-state index in [4.69, 9.17) is 9.15 Å². The van der Waals surface area contributed by atoms with Crippen molar-refractivity contribution in [2.75, 3.05) is 23.5 Å². The molecule has 0 saturated heterocycles. The van der Waals surface area contributed by atoms with Gasteiger partial charge in [-0.15, -0.1) is 6.58 Å². The molecule has 2 aromatic heterocycles. The van der Waals surface area contributed by atoms with E-state index in [0.717, 1.165) is 11.3 Å². The lowest BCUT2D eigenvalue weighted by Crippen LogP contribution is -2.53. The van der Waals surface area contributed by atoms with Gasteiger partial charge in [-0.1, -0.05) is 47.7 Å². The number of ether oxygens (including phenoxy) is 1. The summed E-state index contributed by atoms with van der Waals surface area (Å²) in [5.41, 5.74) is -0.920. The van der Waals surface area contributed by atoms with E-state index in [0.29, 0.717) is 16.9 Å². The summed E-state index contributed by atoms with van der Waals surface area (Å²) in [6, 6.07) is 13.5. The Morgan fingerprint density at radius 1 is 1.16 bits per heavy atom. The molecular formula is C27H19N3O6S. The van der Waals surface area contributed by atoms with Gasteiger partial charge in [-0.2, -0.15) is 0 Å². The number of methoxy groups -OCH3 is 1. The van der Waals surface area contributed by atoms with Gasteiger partial charge in [0.05, 0.1) is 29.4 Å². The monoisotopic (exact) mass is 513 g/mol. The topological polar surface area (TPSA) is 110 Å². The number of anilines is 2. The summed E-state index contributed by atoms with van der Waals surface area (Å²) in [6.45, 7) is 5.53. The largest absolute Gasteiger partial charge is 0.465 e. The highest BCUT2D eigenvalue weighted by atomic mass is 32.1. The van der Waals surface area contributed by atoms with Gasteiger partial charge in [-0.25, -0.2) is 9.78 Å². The van der Waals surface area contributed by atoms with Gasteiger partial charge in [0.25, 0.3) is 11.8 Å². The van der Waals surface area contributed by atoms with E-state index in [2.05, 4.69) is 11.6 Å². The van der Waals surface area contributed by atoms with Crippen LogP contribution in [0.1, 0.15) is 37.0 Å². The van der Waals surface area contributed by atoms with E-state index in [9.17, 15) is 19.2 Å². The molecule has 4 aromatic rings. The third-order valence-corrected chi connectivity index (χ3v) is 7.81. The molecule has 2 aromatic carbocycles. The van der Waals surface area contributed by atoms with Crippen LogP contribution in [-0.2, 0) is 15.1 Å². The average molecular weight is 514 g/mol. The van der Waals surface area contributed by atoms with E-state index in [1.165, 1.54) is 16.9 Å². The van der Waals surface area contributed by atoms with Crippen LogP contribution in [0.15, 0.2) is 70.4 Å². The molecule has 2 aliphatic heterocycles. The molecule has 0 N–H and O–H groups in total. The number of esters is 1. The third-order valence-electron chi connectivity index (χ3n) is 6.69. The zero-order valence-electron chi connectivity index (χ0n) is 19.8. The summed E-state index contributed by atoms with van der Waals surface area (Å²) in [5.74, 6) is -2.08. The number of aryl methyl sites for hydroxylation is 1. The van der Waals surface area contributed by atoms with Gasteiger partial charge in [0, 0.05) is 12.1 Å². The van der Waals surface area contributed by atoms with Crippen molar-refractivity contribution in [2.24, 2.45) is 0 Å². The first-order chi connectivity index (χ1) is 17.9. The van der Waals surface area contributed by atoms with E-state index < -0.39 is 28.8 Å². The Bertz CT molecular complexity index is 1740. The second-order valence-corrected chi connectivity index (χ2v) is 9.58. The number of hydrogen-bond donors (Lipinski definition) is 0. The third kappa shape index (κ3) is 2.81. The van der Waals surface area contributed by atoms with E-state index in [1.807, 2.05) is 0 Å². The second kappa shape index (κ2) is 7.97. The van der Waals surface area contributed by atoms with E-state index in [1.54, 1.807) is 61.5 Å². The van der Waals surface area contributed by atoms with Crippen LogP contribution in [-0.4, -0.2) is 36.4 Å². The average Bonchev–Trinajstić information content (AvgIpc) is 3.49. The highest BCUT2D eigenvalue weighted by molar-refractivity contribution is 7.17. The first-order valence-corrected chi connectivity index (χ1v) is 12.2. The smallest absolute Gasteiger partial charge is 0.350 e. The molecule has 6 rings (SSSR count). The fourth-order valence-electron chi connectivity index (χ4n) is 5.18. The van der Waals surface area contributed by atoms with Gasteiger partial charge >= 0.3 is 5.97 Å². The number of nitrogens with zero attached hydrogens (tertiary/aromatic N) is 3. The fraction of sp³-hybridized carbons (Fsp3) is 0.148. The van der Waals surface area contributed by atoms with Gasteiger partial charge in [0.15, 0.2) is 16.1 Å². The van der Waals surface area contributed by atoms with Crippen LogP contribution in [0.25, 0.3) is 11.0 Å². The molecule has 0 radical (unpaired) electrons. The van der Waals surface area contributed by atoms with Crippen LogP contribution >= 0.6 is 11.3 Å². The number of carbonyl (C=O) groups is 3. The lowest BCUT2D eigenvalue weighted by molar-refractivity contribution is -0.121. The van der Waals surface area contributed by atoms with Crippen LogP contribution in [0.3, 0.4) is 0 Å². The zero-order chi connectivity index (χ0) is 26.1. The minimum absolute atomic E-state index is 0.0707. The molecule has 0 fully saturated rings. The SMILES string of the molecule is C=CCN1C(=O)C2(c3ccccc31)c1c(oc3ccccc3c1=O)C(=O)N2c1nc(C)c(C(=O)OC)s1. The summed E-state index contributed by atoms with van der Waals surface area (Å²) in [5, 5.41) is 0.314. The number of aromatic nitrogens is 1. The summed E-state index contributed by atoms with van der Waals surface area (Å²) in [4.78, 5) is 62.3. The van der Waals surface area contributed by atoms with Crippen molar-refractivity contribution in [3.63, 3.8) is 0 Å². The highest BCUT2D eigenvalue weighted by Crippen LogP contribution is 2.54. The summed E-state index contributed by atoms with van der Waals surface area (Å²) >= 11 is 0.911. The zero-order valence-corrected chi connectivity index (χ0v) is 20.6. The Morgan fingerprint density at radius 3 is 2.65 bits per heavy atom. The Morgan fingerprint density at radius 2 is 1.89 bits per heavy atom. The van der Waals surface area contributed by atoms with E-state index in [-0.39, 0.29) is 38.8 Å². The molecule has 2 aliphatic rings. The molecule has 0 saturated carbocycles. The second-order valence-electron chi connectivity index (χ2n) is 8.61. The standard InChI is InChI=1S/C27H19N3O6S/c1-4-13-29-17-11-7-6-10-16(17)27(25(29)34)19-20(31)15-9-5-8-12-18(15)36-21(19)23(32)30(27)26-28-14(2)22(37-26)24(33)35-3/h4-12H,1,13H2,2-3H3. The fourth-order valence-corrected chi connectivity index (χ4v) is 6.22. The molecule has 184 valence electrons. The molecule has 0 aliphatic carbocycles. The van der Waals surface area contributed by atoms with Crippen molar-refractivity contribution in [1.82, 2.24) is 4.98 Å². The van der Waals surface area contributed by atoms with Gasteiger partial charge in [-0.05, 0) is 25.1 Å². The van der Waals surface area contributed by atoms with Crippen molar-refractivity contribution in [3.8, 4) is 0 Å². The number of para-hydroxylation sites is 2. The predicted octanol–water partition coefficient (Wildman–Crippen LogP) is 3.78. The predicted molar refractivity (Wildman–Crippen MR) is 137 cm³/mol. The maximum Gasteiger partial charge on any atom is 0.350 e. The quantitative estimate of drug-likeness (QED) is 0.302. The first kappa shape index (κ1) is 22.9. The van der Waals surface area contributed by atoms with Crippen LogP contribution in [0.5, 0.6) is 0 Å². The number of amides is 2. The lowest BCUT2D eigenvalue weighted by atomic mass is 9.84. The number of thiazole rings is 1. The minimum atomic E-state index is -1.88. The number of rotatable bonds is 4. The van der Waals surface area contributed by atoms with Crippen molar-refractivity contribution in [3.05, 3.63) is 98.9 Å². The van der Waals surface area contributed by atoms with Crippen molar-refractivity contribution >= 4 is 50.9 Å². The Hall–Kier alpha value is -4.57. The molecule has 9 nitrogen and oxygen atoms in total. The van der Waals surface area contributed by atoms with Crippen molar-refractivity contribution in [2.45, 2.75) is 12.5 Å². The molecular weight excluding hydrogens is 494 g/mol.